The molecule has 0 aliphatic heterocycles. The van der Waals surface area contributed by atoms with Gasteiger partial charge in [-0.05, 0) is 36.8 Å². The molecule has 26 heavy (non-hydrogen) atoms. The van der Waals surface area contributed by atoms with E-state index in [1.807, 2.05) is 30.3 Å². The van der Waals surface area contributed by atoms with E-state index in [0.29, 0.717) is 12.2 Å². The number of nitrogens with one attached hydrogen (secondary N) is 1. The van der Waals surface area contributed by atoms with Gasteiger partial charge in [-0.3, -0.25) is 4.79 Å². The van der Waals surface area contributed by atoms with Gasteiger partial charge in [0.05, 0.1) is 5.56 Å². The van der Waals surface area contributed by atoms with Gasteiger partial charge in [-0.15, -0.1) is 0 Å². The van der Waals surface area contributed by atoms with Crippen LogP contribution in [-0.2, 0) is 11.0 Å². The van der Waals surface area contributed by atoms with Gasteiger partial charge in [0, 0.05) is 13.0 Å². The maximum atomic E-state index is 12.7. The minimum atomic E-state index is -4.40. The van der Waals surface area contributed by atoms with Gasteiger partial charge in [0.2, 0.25) is 5.91 Å². The van der Waals surface area contributed by atoms with Crippen LogP contribution in [0.2, 0.25) is 0 Å². The number of aliphatic hydroxyl groups excluding tert-OH is 1. The number of aliphatic hydroxyl groups is 1. The van der Waals surface area contributed by atoms with Gasteiger partial charge >= 0.3 is 6.18 Å². The zero-order valence-corrected chi connectivity index (χ0v) is 14.2. The van der Waals surface area contributed by atoms with E-state index in [0.717, 1.165) is 17.7 Å². The summed E-state index contributed by atoms with van der Waals surface area (Å²) in [6.07, 6.45) is -5.57. The first-order valence-electron chi connectivity index (χ1n) is 8.12. The minimum Gasteiger partial charge on any atom is -0.486 e. The van der Waals surface area contributed by atoms with Crippen molar-refractivity contribution in [2.24, 2.45) is 0 Å². The Hall–Kier alpha value is -2.54. The van der Waals surface area contributed by atoms with Gasteiger partial charge in [-0.25, -0.2) is 0 Å². The number of amides is 1. The largest absolute Gasteiger partial charge is 0.486 e. The van der Waals surface area contributed by atoms with E-state index in [-0.39, 0.29) is 6.54 Å². The fourth-order valence-electron chi connectivity index (χ4n) is 2.32. The maximum absolute atomic E-state index is 12.7. The number of ether oxygens (including phenoxy) is 1. The van der Waals surface area contributed by atoms with Gasteiger partial charge in [-0.1, -0.05) is 30.3 Å². The number of rotatable bonds is 7. The van der Waals surface area contributed by atoms with Crippen LogP contribution in [0.25, 0.3) is 0 Å². The molecule has 7 heteroatoms. The summed E-state index contributed by atoms with van der Waals surface area (Å²) < 4.78 is 43.8. The second kappa shape index (κ2) is 8.71. The van der Waals surface area contributed by atoms with Crippen molar-refractivity contribution in [3.05, 3.63) is 65.7 Å². The van der Waals surface area contributed by atoms with Crippen molar-refractivity contribution in [3.63, 3.8) is 0 Å². The normalized spacial score (nSPS) is 13.7. The van der Waals surface area contributed by atoms with Crippen LogP contribution in [0, 0.1) is 0 Å². The quantitative estimate of drug-likeness (QED) is 0.784. The first kappa shape index (κ1) is 19.8. The molecule has 0 heterocycles. The first-order valence-corrected chi connectivity index (χ1v) is 8.12. The molecular weight excluding hydrogens is 347 g/mol. The number of halogens is 3. The Morgan fingerprint density at radius 2 is 1.73 bits per heavy atom. The van der Waals surface area contributed by atoms with Crippen LogP contribution in [0.15, 0.2) is 54.6 Å². The predicted molar refractivity (Wildman–Crippen MR) is 90.6 cm³/mol. The summed E-state index contributed by atoms with van der Waals surface area (Å²) in [4.78, 5) is 11.4. The van der Waals surface area contributed by atoms with Crippen LogP contribution in [0.4, 0.5) is 13.2 Å². The highest BCUT2D eigenvalue weighted by Crippen LogP contribution is 2.31. The first-order chi connectivity index (χ1) is 12.3. The number of hydrogen-bond acceptors (Lipinski definition) is 3. The molecule has 2 atom stereocenters. The van der Waals surface area contributed by atoms with Crippen LogP contribution in [0.5, 0.6) is 5.75 Å². The molecule has 0 aromatic heterocycles. The van der Waals surface area contributed by atoms with Crippen molar-refractivity contribution in [1.29, 1.82) is 0 Å². The smallest absolute Gasteiger partial charge is 0.416 e. The average molecular weight is 367 g/mol. The lowest BCUT2D eigenvalue weighted by atomic mass is 10.1. The molecule has 0 bridgehead atoms. The van der Waals surface area contributed by atoms with E-state index in [9.17, 15) is 23.1 Å². The highest BCUT2D eigenvalue weighted by molar-refractivity contribution is 5.79. The Bertz CT molecular complexity index is 700. The van der Waals surface area contributed by atoms with E-state index >= 15 is 0 Å². The van der Waals surface area contributed by atoms with Gasteiger partial charge < -0.3 is 15.2 Å². The Balaban J connectivity index is 2.08. The fraction of sp³-hybridized carbons (Fsp3) is 0.316. The van der Waals surface area contributed by atoms with Gasteiger partial charge in [0.1, 0.15) is 18.0 Å². The topological polar surface area (TPSA) is 58.6 Å². The van der Waals surface area contributed by atoms with Crippen molar-refractivity contribution in [1.82, 2.24) is 5.32 Å². The number of carbonyl (C=O) groups excluding carboxylic acids is 1. The van der Waals surface area contributed by atoms with Crippen LogP contribution < -0.4 is 10.1 Å². The molecule has 0 aliphatic carbocycles. The van der Waals surface area contributed by atoms with Gasteiger partial charge in [0.25, 0.3) is 0 Å². The molecule has 2 unspecified atom stereocenters. The Morgan fingerprint density at radius 3 is 2.27 bits per heavy atom. The van der Waals surface area contributed by atoms with Crippen molar-refractivity contribution in [2.75, 3.05) is 6.54 Å². The molecule has 140 valence electrons. The molecule has 0 aliphatic rings. The number of hydrogen-bond donors (Lipinski definition) is 2. The van der Waals surface area contributed by atoms with E-state index in [1.54, 1.807) is 0 Å². The summed E-state index contributed by atoms with van der Waals surface area (Å²) in [5.41, 5.74) is 0.0870. The van der Waals surface area contributed by atoms with E-state index in [1.165, 1.54) is 19.1 Å². The predicted octanol–water partition coefficient (Wildman–Crippen LogP) is 3.71. The van der Waals surface area contributed by atoms with Gasteiger partial charge in [-0.2, -0.15) is 13.2 Å². The monoisotopic (exact) mass is 367 g/mol. The summed E-state index contributed by atoms with van der Waals surface area (Å²) in [6, 6.07) is 13.6. The third kappa shape index (κ3) is 5.77. The zero-order chi connectivity index (χ0) is 19.2. The Labute approximate surface area is 149 Å². The molecule has 2 aromatic carbocycles. The van der Waals surface area contributed by atoms with Crippen molar-refractivity contribution in [2.45, 2.75) is 31.7 Å². The van der Waals surface area contributed by atoms with Crippen molar-refractivity contribution >= 4 is 5.91 Å². The summed E-state index contributed by atoms with van der Waals surface area (Å²) in [6.45, 7) is 1.62. The Kier molecular flexibility index (Phi) is 6.63. The second-order valence-corrected chi connectivity index (χ2v) is 5.79. The zero-order valence-electron chi connectivity index (χ0n) is 14.2. The standard InChI is InChI=1S/C19H20F3NO3/c1-13(24)18(25)23-12-11-17(14-5-3-2-4-6-14)26-16-9-7-15(8-10-16)19(20,21)22/h2-10,13,17,24H,11-12H2,1H3,(H,23,25). The summed E-state index contributed by atoms with van der Waals surface area (Å²) in [5.74, 6) is -0.194. The third-order valence-corrected chi connectivity index (χ3v) is 3.72. The molecule has 2 rings (SSSR count). The van der Waals surface area contributed by atoms with E-state index in [2.05, 4.69) is 5.32 Å². The van der Waals surface area contributed by atoms with Gasteiger partial charge in [0.15, 0.2) is 0 Å². The average Bonchev–Trinajstić information content (AvgIpc) is 2.61. The lowest BCUT2D eigenvalue weighted by Crippen LogP contribution is -2.34. The van der Waals surface area contributed by atoms with Crippen LogP contribution in [-0.4, -0.2) is 23.7 Å². The van der Waals surface area contributed by atoms with E-state index < -0.39 is 29.9 Å². The van der Waals surface area contributed by atoms with Crippen molar-refractivity contribution in [3.8, 4) is 5.75 Å². The second-order valence-electron chi connectivity index (χ2n) is 5.79. The molecule has 0 spiro atoms. The number of benzene rings is 2. The summed E-state index contributed by atoms with van der Waals surface area (Å²) >= 11 is 0. The molecule has 0 fully saturated rings. The SMILES string of the molecule is CC(O)C(=O)NCCC(Oc1ccc(C(F)(F)F)cc1)c1ccccc1. The lowest BCUT2D eigenvalue weighted by Gasteiger charge is -2.20. The molecule has 0 saturated carbocycles. The summed E-state index contributed by atoms with van der Waals surface area (Å²) in [7, 11) is 0. The lowest BCUT2D eigenvalue weighted by molar-refractivity contribution is -0.137. The molecule has 0 radical (unpaired) electrons. The van der Waals surface area contributed by atoms with Crippen LogP contribution in [0.3, 0.4) is 0 Å². The minimum absolute atomic E-state index is 0.254. The molecule has 2 aromatic rings. The molecule has 1 amide bonds. The number of carbonyl (C=O) groups is 1. The van der Waals surface area contributed by atoms with Crippen LogP contribution in [0.1, 0.15) is 30.6 Å². The highest BCUT2D eigenvalue weighted by atomic mass is 19.4. The summed E-state index contributed by atoms with van der Waals surface area (Å²) in [5, 5.41) is 11.8. The number of alkyl halides is 3. The van der Waals surface area contributed by atoms with Crippen molar-refractivity contribution < 1.29 is 27.8 Å². The maximum Gasteiger partial charge on any atom is 0.416 e. The molecule has 4 nitrogen and oxygen atoms in total. The molecule has 0 saturated heterocycles. The Morgan fingerprint density at radius 1 is 1.12 bits per heavy atom. The molecule has 2 N–H and O–H groups in total. The fourth-order valence-corrected chi connectivity index (χ4v) is 2.32. The molecular formula is C19H20F3NO3. The highest BCUT2D eigenvalue weighted by Gasteiger charge is 2.30. The van der Waals surface area contributed by atoms with Crippen LogP contribution >= 0.6 is 0 Å². The van der Waals surface area contributed by atoms with E-state index in [4.69, 9.17) is 4.74 Å². The third-order valence-electron chi connectivity index (χ3n) is 3.72.